The number of methoxy groups -OCH3 is 2. The first-order chi connectivity index (χ1) is 11.5. The monoisotopic (exact) mass is 344 g/mol. The van der Waals surface area contributed by atoms with Crippen molar-refractivity contribution in [2.45, 2.75) is 6.92 Å². The van der Waals surface area contributed by atoms with Crippen molar-refractivity contribution in [1.82, 2.24) is 4.98 Å². The summed E-state index contributed by atoms with van der Waals surface area (Å²) in [6, 6.07) is 11.0. The molecule has 2 N–H and O–H groups in total. The largest absolute Gasteiger partial charge is 0.495 e. The highest BCUT2D eigenvalue weighted by molar-refractivity contribution is 6.32. The molecule has 0 atom stereocenters. The quantitative estimate of drug-likeness (QED) is 0.737. The summed E-state index contributed by atoms with van der Waals surface area (Å²) in [4.78, 5) is 15.7. The van der Waals surface area contributed by atoms with Crippen LogP contribution in [0.5, 0.6) is 11.5 Å². The fraction of sp³-hybridized carbons (Fsp3) is 0.167. The van der Waals surface area contributed by atoms with Crippen LogP contribution in [0, 0.1) is 6.92 Å². The molecule has 0 fully saturated rings. The molecule has 0 aliphatic heterocycles. The lowest BCUT2D eigenvalue weighted by Gasteiger charge is -2.12. The van der Waals surface area contributed by atoms with E-state index in [9.17, 15) is 4.79 Å². The first kappa shape index (κ1) is 16.2. The first-order valence-electron chi connectivity index (χ1n) is 7.34. The number of H-pyrrole nitrogens is 1. The van der Waals surface area contributed by atoms with Crippen LogP contribution in [0.4, 0.5) is 5.69 Å². The summed E-state index contributed by atoms with van der Waals surface area (Å²) in [5.41, 5.74) is 2.99. The van der Waals surface area contributed by atoms with E-state index in [2.05, 4.69) is 10.3 Å². The Morgan fingerprint density at radius 2 is 1.83 bits per heavy atom. The Kier molecular flexibility index (Phi) is 4.36. The van der Waals surface area contributed by atoms with Crippen LogP contribution in [0.1, 0.15) is 16.1 Å². The number of amides is 1. The maximum atomic E-state index is 12.5. The van der Waals surface area contributed by atoms with Gasteiger partial charge >= 0.3 is 0 Å². The molecular weight excluding hydrogens is 328 g/mol. The van der Waals surface area contributed by atoms with Gasteiger partial charge in [-0.1, -0.05) is 23.7 Å². The molecule has 124 valence electrons. The molecule has 3 rings (SSSR count). The van der Waals surface area contributed by atoms with Crippen molar-refractivity contribution in [2.24, 2.45) is 0 Å². The minimum atomic E-state index is -0.272. The van der Waals surface area contributed by atoms with Crippen LogP contribution in [-0.2, 0) is 0 Å². The van der Waals surface area contributed by atoms with E-state index in [1.54, 1.807) is 12.1 Å². The van der Waals surface area contributed by atoms with Crippen LogP contribution in [0.2, 0.25) is 5.02 Å². The number of carbonyl (C=O) groups is 1. The summed E-state index contributed by atoms with van der Waals surface area (Å²) in [5.74, 6) is 0.646. The molecule has 24 heavy (non-hydrogen) atoms. The maximum Gasteiger partial charge on any atom is 0.272 e. The zero-order chi connectivity index (χ0) is 17.3. The van der Waals surface area contributed by atoms with Gasteiger partial charge in [-0.15, -0.1) is 0 Å². The van der Waals surface area contributed by atoms with Crippen LogP contribution in [0.25, 0.3) is 10.9 Å². The smallest absolute Gasteiger partial charge is 0.272 e. The number of anilines is 1. The van der Waals surface area contributed by atoms with E-state index >= 15 is 0 Å². The number of rotatable bonds is 4. The predicted octanol–water partition coefficient (Wildman–Crippen LogP) is 4.40. The van der Waals surface area contributed by atoms with Gasteiger partial charge in [0.1, 0.15) is 17.2 Å². The van der Waals surface area contributed by atoms with E-state index in [1.165, 1.54) is 14.2 Å². The van der Waals surface area contributed by atoms with Gasteiger partial charge in [0, 0.05) is 23.0 Å². The van der Waals surface area contributed by atoms with Gasteiger partial charge in [0.15, 0.2) is 0 Å². The van der Waals surface area contributed by atoms with E-state index in [0.29, 0.717) is 27.9 Å². The summed E-state index contributed by atoms with van der Waals surface area (Å²) in [5, 5.41) is 4.21. The third-order valence-electron chi connectivity index (χ3n) is 3.74. The molecule has 2 aromatic carbocycles. The Balaban J connectivity index is 1.93. The summed E-state index contributed by atoms with van der Waals surface area (Å²) in [6.07, 6.45) is 0. The number of aromatic amines is 1. The fourth-order valence-corrected chi connectivity index (χ4v) is 2.74. The van der Waals surface area contributed by atoms with Gasteiger partial charge in [-0.25, -0.2) is 0 Å². The minimum absolute atomic E-state index is 0.272. The summed E-state index contributed by atoms with van der Waals surface area (Å²) >= 11 is 6.08. The van der Waals surface area contributed by atoms with Crippen molar-refractivity contribution in [3.05, 3.63) is 52.7 Å². The molecule has 1 amide bonds. The van der Waals surface area contributed by atoms with Crippen molar-refractivity contribution in [1.29, 1.82) is 0 Å². The molecule has 6 heteroatoms. The molecule has 0 saturated carbocycles. The average molecular weight is 345 g/mol. The number of nitrogens with one attached hydrogen (secondary N) is 2. The van der Waals surface area contributed by atoms with E-state index in [4.69, 9.17) is 21.1 Å². The Labute approximate surface area is 144 Å². The molecular formula is C18H17ClN2O3. The number of aryl methyl sites for hydroxylation is 1. The average Bonchev–Trinajstić information content (AvgIpc) is 2.99. The first-order valence-corrected chi connectivity index (χ1v) is 7.72. The molecule has 1 heterocycles. The van der Waals surface area contributed by atoms with E-state index in [1.807, 2.05) is 31.2 Å². The standard InChI is InChI=1S/C18H17ClN2O3/c1-10-4-5-11-7-15(20-13(11)6-10)18(22)21-14-9-16(23-2)12(19)8-17(14)24-3/h4-9,20H,1-3H3,(H,21,22). The molecule has 0 spiro atoms. The fourth-order valence-electron chi connectivity index (χ4n) is 2.51. The van der Waals surface area contributed by atoms with Gasteiger partial charge in [-0.3, -0.25) is 4.79 Å². The van der Waals surface area contributed by atoms with E-state index in [-0.39, 0.29) is 5.91 Å². The molecule has 1 aromatic heterocycles. The van der Waals surface area contributed by atoms with Crippen LogP contribution in [0.3, 0.4) is 0 Å². The Hall–Kier alpha value is -2.66. The summed E-state index contributed by atoms with van der Waals surface area (Å²) in [6.45, 7) is 2.00. The van der Waals surface area contributed by atoms with E-state index < -0.39 is 0 Å². The van der Waals surface area contributed by atoms with Crippen LogP contribution in [0.15, 0.2) is 36.4 Å². The molecule has 0 bridgehead atoms. The molecule has 0 unspecified atom stereocenters. The highest BCUT2D eigenvalue weighted by atomic mass is 35.5. The topological polar surface area (TPSA) is 63.3 Å². The van der Waals surface area contributed by atoms with Crippen molar-refractivity contribution in [2.75, 3.05) is 19.5 Å². The van der Waals surface area contributed by atoms with Crippen molar-refractivity contribution < 1.29 is 14.3 Å². The molecule has 0 saturated heterocycles. The lowest BCUT2D eigenvalue weighted by molar-refractivity contribution is 0.102. The SMILES string of the molecule is COc1cc(NC(=O)c2cc3ccc(C)cc3[nH]2)c(OC)cc1Cl. The summed E-state index contributed by atoms with van der Waals surface area (Å²) in [7, 11) is 3.03. The van der Waals surface area contributed by atoms with Gasteiger partial charge in [0.2, 0.25) is 0 Å². The van der Waals surface area contributed by atoms with Gasteiger partial charge in [0.25, 0.3) is 5.91 Å². The molecule has 5 nitrogen and oxygen atoms in total. The number of hydrogen-bond donors (Lipinski definition) is 2. The third kappa shape index (κ3) is 3.03. The Morgan fingerprint density at radius 3 is 2.54 bits per heavy atom. The number of carbonyl (C=O) groups excluding carboxylic acids is 1. The second-order valence-corrected chi connectivity index (χ2v) is 5.82. The zero-order valence-corrected chi connectivity index (χ0v) is 14.3. The van der Waals surface area contributed by atoms with Crippen LogP contribution >= 0.6 is 11.6 Å². The third-order valence-corrected chi connectivity index (χ3v) is 4.04. The van der Waals surface area contributed by atoms with Gasteiger partial charge in [-0.05, 0) is 24.6 Å². The van der Waals surface area contributed by atoms with Gasteiger partial charge < -0.3 is 19.8 Å². The summed E-state index contributed by atoms with van der Waals surface area (Å²) < 4.78 is 10.5. The number of fused-ring (bicyclic) bond motifs is 1. The zero-order valence-electron chi connectivity index (χ0n) is 13.6. The normalized spacial score (nSPS) is 10.7. The molecule has 0 radical (unpaired) electrons. The highest BCUT2D eigenvalue weighted by Crippen LogP contribution is 2.36. The number of benzene rings is 2. The molecule has 3 aromatic rings. The predicted molar refractivity (Wildman–Crippen MR) is 95.5 cm³/mol. The van der Waals surface area contributed by atoms with Crippen LogP contribution in [-0.4, -0.2) is 25.1 Å². The lowest BCUT2D eigenvalue weighted by atomic mass is 10.2. The second kappa shape index (κ2) is 6.45. The highest BCUT2D eigenvalue weighted by Gasteiger charge is 2.15. The van der Waals surface area contributed by atoms with E-state index in [0.717, 1.165) is 16.5 Å². The Morgan fingerprint density at radius 1 is 1.08 bits per heavy atom. The lowest BCUT2D eigenvalue weighted by Crippen LogP contribution is -2.13. The van der Waals surface area contributed by atoms with Crippen LogP contribution < -0.4 is 14.8 Å². The Bertz CT molecular complexity index is 918. The van der Waals surface area contributed by atoms with Crippen molar-refractivity contribution >= 4 is 34.1 Å². The number of hydrogen-bond acceptors (Lipinski definition) is 3. The maximum absolute atomic E-state index is 12.5. The molecule has 0 aliphatic rings. The van der Waals surface area contributed by atoms with Crippen molar-refractivity contribution in [3.63, 3.8) is 0 Å². The number of aromatic nitrogens is 1. The molecule has 0 aliphatic carbocycles. The number of halogens is 1. The second-order valence-electron chi connectivity index (χ2n) is 5.41. The van der Waals surface area contributed by atoms with Gasteiger partial charge in [0.05, 0.1) is 24.9 Å². The number of ether oxygens (including phenoxy) is 2. The van der Waals surface area contributed by atoms with Gasteiger partial charge in [-0.2, -0.15) is 0 Å². The minimum Gasteiger partial charge on any atom is -0.495 e. The van der Waals surface area contributed by atoms with Crippen molar-refractivity contribution in [3.8, 4) is 11.5 Å².